The molecule has 2 fully saturated rings. The molecule has 4 amide bonds. The number of sulfonamides is 1. The number of nitrogens with one attached hydrogen (secondary N) is 2. The molecule has 2 aliphatic heterocycles. The molecule has 0 bridgehead atoms. The smallest absolute Gasteiger partial charge is 0.243 e. The molecule has 0 spiro atoms. The predicted octanol–water partition coefficient (Wildman–Crippen LogP) is 2.00. The Bertz CT molecular complexity index is 1530. The molecule has 2 aromatic carbocycles. The number of nitrogens with two attached hydrogens (primary N) is 1. The minimum absolute atomic E-state index is 0.0238. The van der Waals surface area contributed by atoms with Gasteiger partial charge in [-0.05, 0) is 60.4 Å². The van der Waals surface area contributed by atoms with Crippen molar-refractivity contribution in [2.75, 3.05) is 33.2 Å². The molecular formula is C33H45ClN6O6S. The average Bonchev–Trinajstić information content (AvgIpc) is 3.53. The zero-order valence-electron chi connectivity index (χ0n) is 27.0. The van der Waals surface area contributed by atoms with Crippen LogP contribution in [0.15, 0.2) is 48.5 Å². The third kappa shape index (κ3) is 10.2. The number of benzene rings is 2. The third-order valence-corrected chi connectivity index (χ3v) is 10.5. The summed E-state index contributed by atoms with van der Waals surface area (Å²) < 4.78 is 29.1. The Morgan fingerprint density at radius 1 is 1.02 bits per heavy atom. The molecule has 2 saturated heterocycles. The van der Waals surface area contributed by atoms with Gasteiger partial charge < -0.3 is 25.8 Å². The van der Waals surface area contributed by atoms with E-state index in [0.29, 0.717) is 43.1 Å². The standard InChI is InChI=1S/C33H45ClN6O6S/c1-23(41)39-15-12-24(13-16-39)21-38(2)31(42)18-29(37-47(45,46)22-25-7-4-3-5-8-25)33(44)40-14-6-9-30(40)32(43)36-20-27-17-28(34)11-10-26(27)19-35/h3-5,7-8,10-11,17,24,29-30,37H,6,9,12-16,18-22,35H2,1-2H3,(H,36,43)/t29?,30-/m0/s1. The predicted molar refractivity (Wildman–Crippen MR) is 179 cm³/mol. The minimum Gasteiger partial charge on any atom is -0.350 e. The summed E-state index contributed by atoms with van der Waals surface area (Å²) in [5.74, 6) is -1.57. The van der Waals surface area contributed by atoms with Gasteiger partial charge in [0.1, 0.15) is 12.1 Å². The van der Waals surface area contributed by atoms with Crippen LogP contribution < -0.4 is 15.8 Å². The minimum atomic E-state index is -4.05. The summed E-state index contributed by atoms with van der Waals surface area (Å²) in [4.78, 5) is 57.3. The summed E-state index contributed by atoms with van der Waals surface area (Å²) in [6, 6.07) is 11.6. The first-order valence-electron chi connectivity index (χ1n) is 16.0. The Morgan fingerprint density at radius 2 is 1.72 bits per heavy atom. The van der Waals surface area contributed by atoms with Gasteiger partial charge in [-0.2, -0.15) is 0 Å². The molecule has 4 N–H and O–H groups in total. The van der Waals surface area contributed by atoms with Crippen LogP contribution in [0.25, 0.3) is 0 Å². The second-order valence-electron chi connectivity index (χ2n) is 12.4. The normalized spacial score (nSPS) is 17.7. The molecule has 47 heavy (non-hydrogen) atoms. The first kappa shape index (κ1) is 36.3. The molecule has 0 radical (unpaired) electrons. The van der Waals surface area contributed by atoms with Crippen LogP contribution in [0.2, 0.25) is 5.02 Å². The molecule has 0 saturated carbocycles. The number of carbonyl (C=O) groups is 4. The lowest BCUT2D eigenvalue weighted by atomic mass is 9.96. The zero-order chi connectivity index (χ0) is 34.1. The van der Waals surface area contributed by atoms with E-state index in [1.54, 1.807) is 60.5 Å². The fourth-order valence-electron chi connectivity index (χ4n) is 6.24. The van der Waals surface area contributed by atoms with E-state index < -0.39 is 40.3 Å². The van der Waals surface area contributed by atoms with Crippen LogP contribution in [0.4, 0.5) is 0 Å². The molecule has 4 rings (SSSR count). The van der Waals surface area contributed by atoms with E-state index in [2.05, 4.69) is 10.0 Å². The highest BCUT2D eigenvalue weighted by molar-refractivity contribution is 7.88. The first-order chi connectivity index (χ1) is 22.4. The number of hydrogen-bond donors (Lipinski definition) is 3. The highest BCUT2D eigenvalue weighted by Gasteiger charge is 2.39. The fourth-order valence-corrected chi connectivity index (χ4v) is 7.77. The third-order valence-electron chi connectivity index (χ3n) is 8.90. The highest BCUT2D eigenvalue weighted by Crippen LogP contribution is 2.23. The van der Waals surface area contributed by atoms with Crippen molar-refractivity contribution in [2.45, 2.75) is 70.0 Å². The second kappa shape index (κ2) is 16.5. The molecule has 256 valence electrons. The van der Waals surface area contributed by atoms with E-state index in [9.17, 15) is 27.6 Å². The van der Waals surface area contributed by atoms with E-state index in [-0.39, 0.29) is 43.1 Å². The Labute approximate surface area is 282 Å². The van der Waals surface area contributed by atoms with E-state index in [0.717, 1.165) is 24.0 Å². The molecule has 1 unspecified atom stereocenters. The monoisotopic (exact) mass is 688 g/mol. The number of piperidine rings is 1. The molecule has 14 heteroatoms. The molecule has 0 aliphatic carbocycles. The SMILES string of the molecule is CC(=O)N1CCC(CN(C)C(=O)CC(NS(=O)(=O)Cc2ccccc2)C(=O)N2CCC[C@H]2C(=O)NCc2cc(Cl)ccc2CN)CC1. The summed E-state index contributed by atoms with van der Waals surface area (Å²) >= 11 is 6.15. The Morgan fingerprint density at radius 3 is 2.38 bits per heavy atom. The van der Waals surface area contributed by atoms with Crippen molar-refractivity contribution in [1.29, 1.82) is 0 Å². The topological polar surface area (TPSA) is 162 Å². The number of carbonyl (C=O) groups excluding carboxylic acids is 4. The maximum absolute atomic E-state index is 14.0. The fraction of sp³-hybridized carbons (Fsp3) is 0.515. The van der Waals surface area contributed by atoms with Gasteiger partial charge in [0.25, 0.3) is 0 Å². The van der Waals surface area contributed by atoms with E-state index in [1.165, 1.54) is 16.7 Å². The van der Waals surface area contributed by atoms with Crippen molar-refractivity contribution < 1.29 is 27.6 Å². The van der Waals surface area contributed by atoms with Gasteiger partial charge in [-0.25, -0.2) is 13.1 Å². The number of amides is 4. The molecule has 2 aromatic rings. The Balaban J connectivity index is 1.47. The lowest BCUT2D eigenvalue weighted by Crippen LogP contribution is -2.54. The highest BCUT2D eigenvalue weighted by atomic mass is 35.5. The largest absolute Gasteiger partial charge is 0.350 e. The average molecular weight is 689 g/mol. The van der Waals surface area contributed by atoms with Crippen LogP contribution in [-0.2, 0) is 48.0 Å². The van der Waals surface area contributed by atoms with Crippen LogP contribution in [0.3, 0.4) is 0 Å². The maximum Gasteiger partial charge on any atom is 0.243 e. The zero-order valence-corrected chi connectivity index (χ0v) is 28.6. The van der Waals surface area contributed by atoms with E-state index in [1.807, 2.05) is 0 Å². The molecule has 0 aromatic heterocycles. The van der Waals surface area contributed by atoms with Crippen LogP contribution in [0.1, 0.15) is 55.7 Å². The van der Waals surface area contributed by atoms with Gasteiger partial charge in [-0.3, -0.25) is 19.2 Å². The number of rotatable bonds is 13. The number of likely N-dealkylation sites (tertiary alicyclic amines) is 2. The number of nitrogens with zero attached hydrogens (tertiary/aromatic N) is 3. The van der Waals surface area contributed by atoms with Crippen molar-refractivity contribution in [2.24, 2.45) is 11.7 Å². The molecule has 2 heterocycles. The summed E-state index contributed by atoms with van der Waals surface area (Å²) in [6.45, 7) is 3.87. The van der Waals surface area contributed by atoms with Crippen LogP contribution in [0.5, 0.6) is 0 Å². The molecular weight excluding hydrogens is 644 g/mol. The van der Waals surface area contributed by atoms with Crippen LogP contribution in [0, 0.1) is 5.92 Å². The number of halogens is 1. The quantitative estimate of drug-likeness (QED) is 0.290. The van der Waals surface area contributed by atoms with E-state index in [4.69, 9.17) is 17.3 Å². The summed E-state index contributed by atoms with van der Waals surface area (Å²) in [6.07, 6.45) is 2.03. The van der Waals surface area contributed by atoms with Crippen molar-refractivity contribution in [1.82, 2.24) is 24.7 Å². The van der Waals surface area contributed by atoms with Crippen molar-refractivity contribution >= 4 is 45.3 Å². The summed E-state index contributed by atoms with van der Waals surface area (Å²) in [5.41, 5.74) is 7.96. The summed E-state index contributed by atoms with van der Waals surface area (Å²) in [5, 5.41) is 3.38. The maximum atomic E-state index is 14.0. The van der Waals surface area contributed by atoms with Crippen molar-refractivity contribution in [3.05, 3.63) is 70.2 Å². The molecule has 2 aliphatic rings. The van der Waals surface area contributed by atoms with Gasteiger partial charge in [0.2, 0.25) is 33.7 Å². The van der Waals surface area contributed by atoms with Gasteiger partial charge >= 0.3 is 0 Å². The molecule has 2 atom stereocenters. The van der Waals surface area contributed by atoms with Gasteiger partial charge in [-0.1, -0.05) is 48.0 Å². The lowest BCUT2D eigenvalue weighted by molar-refractivity contribution is -0.142. The van der Waals surface area contributed by atoms with E-state index >= 15 is 0 Å². The number of hydrogen-bond acceptors (Lipinski definition) is 7. The van der Waals surface area contributed by atoms with Crippen LogP contribution in [-0.4, -0.2) is 92.1 Å². The van der Waals surface area contributed by atoms with Gasteiger partial charge in [0.15, 0.2) is 0 Å². The second-order valence-corrected chi connectivity index (χ2v) is 14.6. The first-order valence-corrected chi connectivity index (χ1v) is 18.0. The van der Waals surface area contributed by atoms with Gasteiger partial charge in [-0.15, -0.1) is 0 Å². The van der Waals surface area contributed by atoms with Crippen LogP contribution >= 0.6 is 11.6 Å². The van der Waals surface area contributed by atoms with Gasteiger partial charge in [0, 0.05) is 58.3 Å². The Kier molecular flexibility index (Phi) is 12.8. The van der Waals surface area contributed by atoms with Crippen molar-refractivity contribution in [3.63, 3.8) is 0 Å². The lowest BCUT2D eigenvalue weighted by Gasteiger charge is -2.34. The molecule has 12 nitrogen and oxygen atoms in total. The van der Waals surface area contributed by atoms with Crippen molar-refractivity contribution in [3.8, 4) is 0 Å². The van der Waals surface area contributed by atoms with Gasteiger partial charge in [0.05, 0.1) is 12.2 Å². The summed E-state index contributed by atoms with van der Waals surface area (Å²) in [7, 11) is -2.41. The Hall–Kier alpha value is -3.52.